The van der Waals surface area contributed by atoms with E-state index in [9.17, 15) is 4.79 Å². The largest absolute Gasteiger partial charge is 0.481 e. The van der Waals surface area contributed by atoms with E-state index >= 15 is 0 Å². The maximum atomic E-state index is 11.0. The van der Waals surface area contributed by atoms with Gasteiger partial charge in [0.05, 0.1) is 5.75 Å². The van der Waals surface area contributed by atoms with Crippen LogP contribution in [0.2, 0.25) is 5.02 Å². The fraction of sp³-hybridized carbons (Fsp3) is 0.235. The number of halogens is 1. The molecule has 1 aromatic carbocycles. The number of carboxylic acids is 1. The highest BCUT2D eigenvalue weighted by Crippen LogP contribution is 2.41. The lowest BCUT2D eigenvalue weighted by Crippen LogP contribution is -2.00. The van der Waals surface area contributed by atoms with Crippen molar-refractivity contribution in [2.75, 3.05) is 5.75 Å². The van der Waals surface area contributed by atoms with Gasteiger partial charge >= 0.3 is 5.97 Å². The van der Waals surface area contributed by atoms with E-state index in [4.69, 9.17) is 21.7 Å². The summed E-state index contributed by atoms with van der Waals surface area (Å²) in [6, 6.07) is 7.39. The summed E-state index contributed by atoms with van der Waals surface area (Å²) in [6.45, 7) is 0. The van der Waals surface area contributed by atoms with Crippen molar-refractivity contribution < 1.29 is 9.90 Å². The maximum absolute atomic E-state index is 11.0. The first-order valence-electron chi connectivity index (χ1n) is 7.54. The second kappa shape index (κ2) is 6.35. The van der Waals surface area contributed by atoms with Crippen LogP contribution >= 0.6 is 34.7 Å². The Morgan fingerprint density at radius 2 is 2.04 bits per heavy atom. The molecule has 0 atom stereocenters. The molecule has 0 unspecified atom stereocenters. The zero-order chi connectivity index (χ0) is 16.7. The highest BCUT2D eigenvalue weighted by molar-refractivity contribution is 8.00. The predicted octanol–water partition coefficient (Wildman–Crippen LogP) is 4.68. The fourth-order valence-electron chi connectivity index (χ4n) is 2.93. The van der Waals surface area contributed by atoms with Gasteiger partial charge in [0.1, 0.15) is 9.86 Å². The van der Waals surface area contributed by atoms with E-state index in [1.807, 2.05) is 24.3 Å². The fourth-order valence-corrected chi connectivity index (χ4v) is 5.15. The molecular formula is C17H13ClN2O2S2. The third kappa shape index (κ3) is 2.90. The zero-order valence-electron chi connectivity index (χ0n) is 12.6. The first-order valence-corrected chi connectivity index (χ1v) is 9.72. The van der Waals surface area contributed by atoms with E-state index in [1.165, 1.54) is 22.2 Å². The number of carbonyl (C=O) groups is 1. The number of thiophene rings is 1. The number of aryl methyl sites for hydroxylation is 2. The Bertz CT molecular complexity index is 938. The van der Waals surface area contributed by atoms with Gasteiger partial charge < -0.3 is 5.11 Å². The van der Waals surface area contributed by atoms with Crippen LogP contribution in [0.3, 0.4) is 0 Å². The molecule has 122 valence electrons. The van der Waals surface area contributed by atoms with Crippen molar-refractivity contribution in [1.29, 1.82) is 0 Å². The Labute approximate surface area is 151 Å². The zero-order valence-corrected chi connectivity index (χ0v) is 15.0. The summed E-state index contributed by atoms with van der Waals surface area (Å²) in [5.41, 5.74) is 2.19. The predicted molar refractivity (Wildman–Crippen MR) is 98.2 cm³/mol. The standard InChI is InChI=1S/C17H13ClN2O2S2/c18-10-6-4-9(5-7-10)15-19-16(23-8-13(21)22)14-11-2-1-3-12(11)24-17(14)20-15/h4-7H,1-3,8H2,(H,21,22). The minimum atomic E-state index is -0.841. The average molecular weight is 377 g/mol. The normalized spacial score (nSPS) is 13.4. The van der Waals surface area contributed by atoms with Crippen molar-refractivity contribution in [2.45, 2.75) is 24.3 Å². The third-order valence-corrected chi connectivity index (χ3v) is 6.36. The number of nitrogens with zero attached hydrogens (tertiary/aromatic N) is 2. The van der Waals surface area contributed by atoms with Gasteiger partial charge in [-0.25, -0.2) is 9.97 Å². The second-order valence-corrected chi connectivity index (χ2v) is 8.06. The lowest BCUT2D eigenvalue weighted by molar-refractivity contribution is -0.133. The molecule has 7 heteroatoms. The Morgan fingerprint density at radius 3 is 2.79 bits per heavy atom. The summed E-state index contributed by atoms with van der Waals surface area (Å²) in [4.78, 5) is 22.7. The van der Waals surface area contributed by atoms with E-state index in [1.54, 1.807) is 11.3 Å². The van der Waals surface area contributed by atoms with Crippen molar-refractivity contribution in [3.63, 3.8) is 0 Å². The first-order chi connectivity index (χ1) is 11.6. The van der Waals surface area contributed by atoms with Gasteiger partial charge in [0.25, 0.3) is 0 Å². The molecule has 1 aliphatic carbocycles. The summed E-state index contributed by atoms with van der Waals surface area (Å²) in [6.07, 6.45) is 3.26. The smallest absolute Gasteiger partial charge is 0.313 e. The number of hydrogen-bond donors (Lipinski definition) is 1. The van der Waals surface area contributed by atoms with Gasteiger partial charge in [0.15, 0.2) is 5.82 Å². The second-order valence-electron chi connectivity index (χ2n) is 5.58. The Balaban J connectivity index is 1.87. The molecule has 0 amide bonds. The minimum Gasteiger partial charge on any atom is -0.481 e. The molecule has 4 rings (SSSR count). The first kappa shape index (κ1) is 15.9. The molecule has 3 aromatic rings. The molecule has 0 saturated heterocycles. The quantitative estimate of drug-likeness (QED) is 0.529. The lowest BCUT2D eigenvalue weighted by atomic mass is 10.2. The van der Waals surface area contributed by atoms with Gasteiger partial charge in [0, 0.05) is 20.8 Å². The van der Waals surface area contributed by atoms with Gasteiger partial charge in [-0.05, 0) is 49.1 Å². The number of benzene rings is 1. The van der Waals surface area contributed by atoms with Crippen LogP contribution in [-0.2, 0) is 17.6 Å². The third-order valence-electron chi connectivity index (χ3n) is 3.97. The van der Waals surface area contributed by atoms with Crippen LogP contribution in [0.5, 0.6) is 0 Å². The molecule has 2 heterocycles. The van der Waals surface area contributed by atoms with Crippen molar-refractivity contribution in [2.24, 2.45) is 0 Å². The van der Waals surface area contributed by atoms with E-state index in [0.717, 1.165) is 40.1 Å². The van der Waals surface area contributed by atoms with Crippen LogP contribution in [0, 0.1) is 0 Å². The highest BCUT2D eigenvalue weighted by atomic mass is 35.5. The summed E-state index contributed by atoms with van der Waals surface area (Å²) in [7, 11) is 0. The Hall–Kier alpha value is -1.63. The summed E-state index contributed by atoms with van der Waals surface area (Å²) in [5, 5.41) is 11.5. The number of aliphatic carboxylic acids is 1. The molecule has 1 aliphatic rings. The molecule has 0 fully saturated rings. The number of carboxylic acid groups (broad SMARTS) is 1. The van der Waals surface area contributed by atoms with Crippen LogP contribution in [0.25, 0.3) is 21.6 Å². The number of fused-ring (bicyclic) bond motifs is 3. The molecule has 0 radical (unpaired) electrons. The van der Waals surface area contributed by atoms with Crippen molar-refractivity contribution in [3.8, 4) is 11.4 Å². The van der Waals surface area contributed by atoms with Crippen molar-refractivity contribution >= 4 is 50.9 Å². The van der Waals surface area contributed by atoms with Crippen LogP contribution in [-0.4, -0.2) is 26.8 Å². The van der Waals surface area contributed by atoms with E-state index in [0.29, 0.717) is 10.8 Å². The van der Waals surface area contributed by atoms with E-state index < -0.39 is 5.97 Å². The molecular weight excluding hydrogens is 364 g/mol. The van der Waals surface area contributed by atoms with E-state index in [-0.39, 0.29) is 5.75 Å². The van der Waals surface area contributed by atoms with Crippen LogP contribution in [0.15, 0.2) is 29.3 Å². The Kier molecular flexibility index (Phi) is 4.20. The molecule has 0 bridgehead atoms. The molecule has 24 heavy (non-hydrogen) atoms. The average Bonchev–Trinajstić information content (AvgIpc) is 3.13. The van der Waals surface area contributed by atoms with Crippen LogP contribution < -0.4 is 0 Å². The maximum Gasteiger partial charge on any atom is 0.313 e. The SMILES string of the molecule is O=C(O)CSc1nc(-c2ccc(Cl)cc2)nc2sc3c(c12)CCC3. The van der Waals surface area contributed by atoms with Gasteiger partial charge in [0.2, 0.25) is 0 Å². The molecule has 2 aromatic heterocycles. The summed E-state index contributed by atoms with van der Waals surface area (Å²) < 4.78 is 0. The number of aromatic nitrogens is 2. The number of thioether (sulfide) groups is 1. The van der Waals surface area contributed by atoms with Crippen LogP contribution in [0.1, 0.15) is 16.9 Å². The number of hydrogen-bond acceptors (Lipinski definition) is 5. The molecule has 0 saturated carbocycles. The highest BCUT2D eigenvalue weighted by Gasteiger charge is 2.23. The molecule has 0 aliphatic heterocycles. The Morgan fingerprint density at radius 1 is 1.25 bits per heavy atom. The van der Waals surface area contributed by atoms with Crippen molar-refractivity contribution in [3.05, 3.63) is 39.7 Å². The van der Waals surface area contributed by atoms with Gasteiger partial charge in [-0.1, -0.05) is 23.4 Å². The monoisotopic (exact) mass is 376 g/mol. The topological polar surface area (TPSA) is 63.1 Å². The summed E-state index contributed by atoms with van der Waals surface area (Å²) >= 11 is 8.93. The molecule has 1 N–H and O–H groups in total. The minimum absolute atomic E-state index is 0.00318. The van der Waals surface area contributed by atoms with E-state index in [2.05, 4.69) is 4.98 Å². The number of rotatable bonds is 4. The van der Waals surface area contributed by atoms with Crippen LogP contribution in [0.4, 0.5) is 0 Å². The lowest BCUT2D eigenvalue weighted by Gasteiger charge is -2.07. The van der Waals surface area contributed by atoms with Gasteiger partial charge in [-0.2, -0.15) is 0 Å². The van der Waals surface area contributed by atoms with Gasteiger partial charge in [-0.3, -0.25) is 4.79 Å². The summed E-state index contributed by atoms with van der Waals surface area (Å²) in [5.74, 6) is -0.227. The van der Waals surface area contributed by atoms with Gasteiger partial charge in [-0.15, -0.1) is 11.3 Å². The molecule has 0 spiro atoms. The van der Waals surface area contributed by atoms with Crippen molar-refractivity contribution in [1.82, 2.24) is 9.97 Å². The molecule has 4 nitrogen and oxygen atoms in total.